The Morgan fingerprint density at radius 1 is 1.22 bits per heavy atom. The predicted molar refractivity (Wildman–Crippen MR) is 110 cm³/mol. The molecule has 1 saturated heterocycles. The van der Waals surface area contributed by atoms with Crippen LogP contribution in [0, 0.1) is 10.1 Å². The molecule has 0 unspecified atom stereocenters. The van der Waals surface area contributed by atoms with Crippen LogP contribution in [0.5, 0.6) is 5.75 Å². The minimum absolute atomic E-state index is 0.0583. The molecule has 13 heteroatoms. The zero-order valence-corrected chi connectivity index (χ0v) is 17.9. The highest BCUT2D eigenvalue weighted by Crippen LogP contribution is 2.20. The number of aromatic nitrogens is 1. The van der Waals surface area contributed by atoms with Gasteiger partial charge in [0.1, 0.15) is 12.4 Å². The number of methoxy groups -OCH3 is 1. The molecule has 1 aliphatic rings. The molecule has 0 atom stereocenters. The lowest BCUT2D eigenvalue weighted by Gasteiger charge is -2.26. The van der Waals surface area contributed by atoms with Crippen molar-refractivity contribution in [1.29, 1.82) is 0 Å². The largest absolute Gasteiger partial charge is 0.492 e. The minimum Gasteiger partial charge on any atom is -0.492 e. The Kier molecular flexibility index (Phi) is 7.22. The molecule has 3 rings (SSSR count). The molecular weight excluding hydrogens is 446 g/mol. The van der Waals surface area contributed by atoms with Gasteiger partial charge in [0.25, 0.3) is 0 Å². The molecule has 2 heterocycles. The lowest BCUT2D eigenvalue weighted by molar-refractivity contribution is -0.386. The van der Waals surface area contributed by atoms with E-state index in [1.807, 2.05) is 0 Å². The molecule has 0 bridgehead atoms. The molecule has 0 amide bonds. The molecule has 1 aromatic heterocycles. The van der Waals surface area contributed by atoms with E-state index < -0.39 is 32.2 Å². The molecule has 2 aromatic rings. The standard InChI is InChI=1S/C19H21N3O9S/c1-29-19(24)14-12-17(22(25)26)18(23)20(13-14)6-11-31-15-2-4-16(5-3-15)32(27,28)21-7-9-30-10-8-21/h2-5,12-13H,6-11H2,1H3. The van der Waals surface area contributed by atoms with E-state index in [0.29, 0.717) is 19.0 Å². The van der Waals surface area contributed by atoms with Crippen LogP contribution in [0.4, 0.5) is 5.69 Å². The van der Waals surface area contributed by atoms with Gasteiger partial charge in [-0.2, -0.15) is 4.31 Å². The highest BCUT2D eigenvalue weighted by atomic mass is 32.2. The number of carbonyl (C=O) groups is 1. The first-order valence-corrected chi connectivity index (χ1v) is 11.0. The number of hydrogen-bond acceptors (Lipinski definition) is 9. The molecule has 1 aliphatic heterocycles. The SMILES string of the molecule is COC(=O)c1cc([N+](=O)[O-])c(=O)n(CCOc2ccc(S(=O)(=O)N3CCOCC3)cc2)c1. The van der Waals surface area contributed by atoms with Crippen LogP contribution in [0.1, 0.15) is 10.4 Å². The van der Waals surface area contributed by atoms with E-state index in [2.05, 4.69) is 4.74 Å². The second-order valence-corrected chi connectivity index (χ2v) is 8.64. The fourth-order valence-corrected chi connectivity index (χ4v) is 4.46. The molecule has 1 aromatic carbocycles. The van der Waals surface area contributed by atoms with Crippen LogP contribution in [0.15, 0.2) is 46.2 Å². The molecule has 0 radical (unpaired) electrons. The molecule has 0 spiro atoms. The lowest BCUT2D eigenvalue weighted by atomic mass is 10.2. The zero-order chi connectivity index (χ0) is 23.3. The van der Waals surface area contributed by atoms with Crippen LogP contribution in [-0.4, -0.2) is 68.2 Å². The monoisotopic (exact) mass is 467 g/mol. The van der Waals surface area contributed by atoms with E-state index >= 15 is 0 Å². The fraction of sp³-hybridized carbons (Fsp3) is 0.368. The van der Waals surface area contributed by atoms with Crippen LogP contribution >= 0.6 is 0 Å². The summed E-state index contributed by atoms with van der Waals surface area (Å²) in [6.07, 6.45) is 1.16. The molecular formula is C19H21N3O9S. The van der Waals surface area contributed by atoms with Crippen LogP contribution in [0.3, 0.4) is 0 Å². The number of carbonyl (C=O) groups excluding carboxylic acids is 1. The number of sulfonamides is 1. The van der Waals surface area contributed by atoms with Gasteiger partial charge in [0, 0.05) is 25.4 Å². The Hall–Kier alpha value is -3.29. The van der Waals surface area contributed by atoms with Gasteiger partial charge in [-0.3, -0.25) is 14.9 Å². The summed E-state index contributed by atoms with van der Waals surface area (Å²) < 4.78 is 42.9. The summed E-state index contributed by atoms with van der Waals surface area (Å²) in [6.45, 7) is 1.11. The van der Waals surface area contributed by atoms with E-state index in [9.17, 15) is 28.1 Å². The number of nitro groups is 1. The van der Waals surface area contributed by atoms with Crippen molar-refractivity contribution in [2.24, 2.45) is 0 Å². The second-order valence-electron chi connectivity index (χ2n) is 6.70. The smallest absolute Gasteiger partial charge is 0.339 e. The summed E-state index contributed by atoms with van der Waals surface area (Å²) in [4.78, 5) is 34.3. The Balaban J connectivity index is 1.69. The number of esters is 1. The first-order chi connectivity index (χ1) is 15.2. The van der Waals surface area contributed by atoms with E-state index in [0.717, 1.165) is 23.9 Å². The third-order valence-electron chi connectivity index (χ3n) is 4.72. The highest BCUT2D eigenvalue weighted by molar-refractivity contribution is 7.89. The number of hydrogen-bond donors (Lipinski definition) is 0. The van der Waals surface area contributed by atoms with Crippen molar-refractivity contribution in [2.45, 2.75) is 11.4 Å². The summed E-state index contributed by atoms with van der Waals surface area (Å²) in [5, 5.41) is 11.1. The summed E-state index contributed by atoms with van der Waals surface area (Å²) in [5.74, 6) is -0.475. The van der Waals surface area contributed by atoms with Gasteiger partial charge in [-0.25, -0.2) is 13.2 Å². The summed E-state index contributed by atoms with van der Waals surface area (Å²) >= 11 is 0. The molecule has 172 valence electrons. The lowest BCUT2D eigenvalue weighted by Crippen LogP contribution is -2.40. The van der Waals surface area contributed by atoms with E-state index in [-0.39, 0.29) is 36.7 Å². The van der Waals surface area contributed by atoms with Gasteiger partial charge in [0.2, 0.25) is 10.0 Å². The van der Waals surface area contributed by atoms with E-state index in [4.69, 9.17) is 9.47 Å². The number of nitrogens with zero attached hydrogens (tertiary/aromatic N) is 3. The third kappa shape index (κ3) is 5.12. The predicted octanol–water partition coefficient (Wildman–Crippen LogP) is 0.643. The Morgan fingerprint density at radius 2 is 1.88 bits per heavy atom. The average Bonchev–Trinajstić information content (AvgIpc) is 2.80. The Bertz CT molecular complexity index is 1150. The van der Waals surface area contributed by atoms with Gasteiger partial charge in [-0.1, -0.05) is 0 Å². The summed E-state index contributed by atoms with van der Waals surface area (Å²) in [5.41, 5.74) is -1.79. The van der Waals surface area contributed by atoms with Crippen molar-refractivity contribution >= 4 is 21.7 Å². The van der Waals surface area contributed by atoms with E-state index in [1.165, 1.54) is 28.6 Å². The van der Waals surface area contributed by atoms with Crippen LogP contribution in [0.2, 0.25) is 0 Å². The van der Waals surface area contributed by atoms with Crippen LogP contribution in [-0.2, 0) is 26.0 Å². The number of ether oxygens (including phenoxy) is 3. The first-order valence-electron chi connectivity index (χ1n) is 9.52. The van der Waals surface area contributed by atoms with Crippen LogP contribution in [0.25, 0.3) is 0 Å². The topological polar surface area (TPSA) is 147 Å². The molecule has 32 heavy (non-hydrogen) atoms. The number of rotatable bonds is 8. The number of morpholine rings is 1. The van der Waals surface area contributed by atoms with Crippen molar-refractivity contribution < 1.29 is 32.3 Å². The van der Waals surface area contributed by atoms with Crippen molar-refractivity contribution in [3.05, 3.63) is 62.6 Å². The Morgan fingerprint density at radius 3 is 2.47 bits per heavy atom. The number of pyridine rings is 1. The van der Waals surface area contributed by atoms with Crippen molar-refractivity contribution in [2.75, 3.05) is 40.0 Å². The number of benzene rings is 1. The van der Waals surface area contributed by atoms with Gasteiger partial charge >= 0.3 is 17.2 Å². The van der Waals surface area contributed by atoms with Gasteiger partial charge in [0.05, 0.1) is 42.3 Å². The second kappa shape index (κ2) is 9.89. The normalized spacial score (nSPS) is 14.7. The van der Waals surface area contributed by atoms with Gasteiger partial charge in [0.15, 0.2) is 0 Å². The zero-order valence-electron chi connectivity index (χ0n) is 17.1. The maximum Gasteiger partial charge on any atom is 0.339 e. The van der Waals surface area contributed by atoms with Gasteiger partial charge in [-0.05, 0) is 24.3 Å². The average molecular weight is 467 g/mol. The van der Waals surface area contributed by atoms with Crippen LogP contribution < -0.4 is 10.3 Å². The first kappa shape index (κ1) is 23.4. The summed E-state index contributed by atoms with van der Waals surface area (Å²) in [7, 11) is -2.51. The summed E-state index contributed by atoms with van der Waals surface area (Å²) in [6, 6.07) is 6.63. The minimum atomic E-state index is -3.63. The third-order valence-corrected chi connectivity index (χ3v) is 6.63. The van der Waals surface area contributed by atoms with E-state index in [1.54, 1.807) is 0 Å². The maximum atomic E-state index is 12.6. The fourth-order valence-electron chi connectivity index (χ4n) is 3.05. The maximum absolute atomic E-state index is 12.6. The van der Waals surface area contributed by atoms with Crippen molar-refractivity contribution in [3.8, 4) is 5.75 Å². The molecule has 0 aliphatic carbocycles. The molecule has 12 nitrogen and oxygen atoms in total. The molecule has 0 N–H and O–H groups in total. The highest BCUT2D eigenvalue weighted by Gasteiger charge is 2.26. The molecule has 0 saturated carbocycles. The van der Waals surface area contributed by atoms with Crippen molar-refractivity contribution in [3.63, 3.8) is 0 Å². The molecule has 1 fully saturated rings. The van der Waals surface area contributed by atoms with Crippen molar-refractivity contribution in [1.82, 2.24) is 8.87 Å². The quantitative estimate of drug-likeness (QED) is 0.310. The Labute approximate surface area is 183 Å². The van der Waals surface area contributed by atoms with Gasteiger partial charge < -0.3 is 18.8 Å². The van der Waals surface area contributed by atoms with Gasteiger partial charge in [-0.15, -0.1) is 0 Å².